The number of rotatable bonds is 3. The molecule has 0 spiro atoms. The van der Waals surface area contributed by atoms with Crippen molar-refractivity contribution in [1.29, 1.82) is 0 Å². The third kappa shape index (κ3) is 2.40. The second-order valence-corrected chi connectivity index (χ2v) is 4.15. The molecule has 0 saturated heterocycles. The first-order valence-corrected chi connectivity index (χ1v) is 5.44. The van der Waals surface area contributed by atoms with Crippen molar-refractivity contribution in [3.63, 3.8) is 0 Å². The Kier molecular flexibility index (Phi) is 3.31. The summed E-state index contributed by atoms with van der Waals surface area (Å²) in [6, 6.07) is 2.98. The number of ether oxygens (including phenoxy) is 1. The van der Waals surface area contributed by atoms with Crippen LogP contribution in [0.4, 0.5) is 0 Å². The van der Waals surface area contributed by atoms with Crippen LogP contribution in [0.25, 0.3) is 10.9 Å². The van der Waals surface area contributed by atoms with E-state index in [2.05, 4.69) is 14.9 Å². The number of nitrogens with one attached hydrogen (secondary N) is 1. The van der Waals surface area contributed by atoms with Crippen LogP contribution >= 0.6 is 11.6 Å². The van der Waals surface area contributed by atoms with Gasteiger partial charge in [0, 0.05) is 5.39 Å². The summed E-state index contributed by atoms with van der Waals surface area (Å²) in [5.41, 5.74) is 7.34. The smallest absolute Gasteiger partial charge is 0.322 e. The summed E-state index contributed by atoms with van der Waals surface area (Å²) in [4.78, 5) is 11.2. The molecule has 0 aliphatic rings. The van der Waals surface area contributed by atoms with Gasteiger partial charge in [-0.3, -0.25) is 9.89 Å². The minimum Gasteiger partial charge on any atom is -0.468 e. The Morgan fingerprint density at radius 3 is 3.12 bits per heavy atom. The summed E-state index contributed by atoms with van der Waals surface area (Å²) in [6.45, 7) is 0. The average Bonchev–Trinajstić information content (AvgIpc) is 2.76. The summed E-state index contributed by atoms with van der Waals surface area (Å²) >= 11 is 6.07. The molecule has 6 heteroatoms. The zero-order chi connectivity index (χ0) is 12.4. The maximum absolute atomic E-state index is 11.2. The Bertz CT molecular complexity index is 553. The van der Waals surface area contributed by atoms with E-state index < -0.39 is 12.0 Å². The fourth-order valence-electron chi connectivity index (χ4n) is 1.68. The molecular formula is C11H12ClN3O2. The normalized spacial score (nSPS) is 12.6. The van der Waals surface area contributed by atoms with Gasteiger partial charge in [0.05, 0.1) is 23.8 Å². The predicted molar refractivity (Wildman–Crippen MR) is 64.8 cm³/mol. The van der Waals surface area contributed by atoms with E-state index in [1.807, 2.05) is 6.07 Å². The summed E-state index contributed by atoms with van der Waals surface area (Å²) in [7, 11) is 1.31. The van der Waals surface area contributed by atoms with Crippen LogP contribution in [0.5, 0.6) is 0 Å². The van der Waals surface area contributed by atoms with Gasteiger partial charge in [-0.15, -0.1) is 0 Å². The van der Waals surface area contributed by atoms with Crippen LogP contribution in [-0.2, 0) is 16.0 Å². The van der Waals surface area contributed by atoms with Crippen LogP contribution in [0.3, 0.4) is 0 Å². The first-order chi connectivity index (χ1) is 8.11. The zero-order valence-corrected chi connectivity index (χ0v) is 9.99. The molecule has 1 heterocycles. The molecule has 3 N–H and O–H groups in total. The molecule has 0 saturated carbocycles. The van der Waals surface area contributed by atoms with Gasteiger partial charge >= 0.3 is 5.97 Å². The van der Waals surface area contributed by atoms with Crippen LogP contribution in [0.1, 0.15) is 5.56 Å². The van der Waals surface area contributed by atoms with Gasteiger partial charge in [-0.25, -0.2) is 0 Å². The molecule has 1 unspecified atom stereocenters. The van der Waals surface area contributed by atoms with Crippen molar-refractivity contribution in [3.05, 3.63) is 28.9 Å². The summed E-state index contributed by atoms with van der Waals surface area (Å²) in [6.07, 6.45) is 2.06. The topological polar surface area (TPSA) is 81.0 Å². The number of fused-ring (bicyclic) bond motifs is 1. The number of halogens is 1. The largest absolute Gasteiger partial charge is 0.468 e. The number of methoxy groups -OCH3 is 1. The van der Waals surface area contributed by atoms with Crippen molar-refractivity contribution in [1.82, 2.24) is 10.2 Å². The lowest BCUT2D eigenvalue weighted by Gasteiger charge is -2.09. The highest BCUT2D eigenvalue weighted by Crippen LogP contribution is 2.23. The monoisotopic (exact) mass is 253 g/mol. The molecule has 2 rings (SSSR count). The number of hydrogen-bond donors (Lipinski definition) is 2. The van der Waals surface area contributed by atoms with Gasteiger partial charge in [0.25, 0.3) is 0 Å². The molecule has 0 bridgehead atoms. The standard InChI is InChI=1S/C11H12ClN3O2/c1-17-11(16)9(13)4-6-2-7-5-14-15-10(7)8(12)3-6/h2-3,5,9H,4,13H2,1H3,(H,14,15). The van der Waals surface area contributed by atoms with E-state index in [1.54, 1.807) is 12.3 Å². The lowest BCUT2D eigenvalue weighted by molar-refractivity contribution is -0.142. The van der Waals surface area contributed by atoms with E-state index in [0.717, 1.165) is 16.5 Å². The molecule has 0 amide bonds. The number of nitrogens with two attached hydrogens (primary N) is 1. The van der Waals surface area contributed by atoms with Gasteiger partial charge in [0.1, 0.15) is 6.04 Å². The van der Waals surface area contributed by atoms with Gasteiger partial charge in [-0.05, 0) is 24.1 Å². The molecule has 0 aliphatic heterocycles. The number of benzene rings is 1. The zero-order valence-electron chi connectivity index (χ0n) is 9.24. The molecule has 1 atom stereocenters. The number of carbonyl (C=O) groups excluding carboxylic acids is 1. The Morgan fingerprint density at radius 2 is 2.41 bits per heavy atom. The average molecular weight is 254 g/mol. The number of hydrogen-bond acceptors (Lipinski definition) is 4. The van der Waals surface area contributed by atoms with Crippen molar-refractivity contribution >= 4 is 28.5 Å². The number of carbonyl (C=O) groups is 1. The molecule has 1 aromatic heterocycles. The van der Waals surface area contributed by atoms with E-state index >= 15 is 0 Å². The molecular weight excluding hydrogens is 242 g/mol. The third-order valence-electron chi connectivity index (χ3n) is 2.52. The Morgan fingerprint density at radius 1 is 1.65 bits per heavy atom. The van der Waals surface area contributed by atoms with E-state index in [4.69, 9.17) is 17.3 Å². The minimum atomic E-state index is -0.680. The maximum atomic E-state index is 11.2. The number of aromatic amines is 1. The molecule has 2 aromatic rings. The summed E-state index contributed by atoms with van der Waals surface area (Å²) < 4.78 is 4.57. The Labute approximate surface area is 103 Å². The fourth-order valence-corrected chi connectivity index (χ4v) is 1.97. The van der Waals surface area contributed by atoms with E-state index in [9.17, 15) is 4.79 Å². The predicted octanol–water partition coefficient (Wildman–Crippen LogP) is 1.26. The van der Waals surface area contributed by atoms with Crippen molar-refractivity contribution in [2.24, 2.45) is 5.73 Å². The SMILES string of the molecule is COC(=O)C(N)Cc1cc(Cl)c2[nH]ncc2c1. The van der Waals surface area contributed by atoms with Gasteiger partial charge in [0.15, 0.2) is 0 Å². The number of H-pyrrole nitrogens is 1. The number of nitrogens with zero attached hydrogens (tertiary/aromatic N) is 1. The highest BCUT2D eigenvalue weighted by atomic mass is 35.5. The Balaban J connectivity index is 2.27. The van der Waals surface area contributed by atoms with Gasteiger partial charge in [-0.1, -0.05) is 11.6 Å². The maximum Gasteiger partial charge on any atom is 0.322 e. The van der Waals surface area contributed by atoms with Gasteiger partial charge in [-0.2, -0.15) is 5.10 Å². The molecule has 0 aliphatic carbocycles. The fraction of sp³-hybridized carbons (Fsp3) is 0.273. The third-order valence-corrected chi connectivity index (χ3v) is 2.82. The molecule has 90 valence electrons. The van der Waals surface area contributed by atoms with Crippen molar-refractivity contribution in [3.8, 4) is 0 Å². The van der Waals surface area contributed by atoms with Crippen LogP contribution in [0, 0.1) is 0 Å². The van der Waals surface area contributed by atoms with Gasteiger partial charge in [0.2, 0.25) is 0 Å². The second-order valence-electron chi connectivity index (χ2n) is 3.75. The lowest BCUT2D eigenvalue weighted by Crippen LogP contribution is -2.33. The van der Waals surface area contributed by atoms with Crippen molar-refractivity contribution in [2.75, 3.05) is 7.11 Å². The summed E-state index contributed by atoms with van der Waals surface area (Å²) in [5.74, 6) is -0.437. The van der Waals surface area contributed by atoms with Crippen LogP contribution in [-0.4, -0.2) is 29.3 Å². The molecule has 5 nitrogen and oxygen atoms in total. The quantitative estimate of drug-likeness (QED) is 0.807. The number of aromatic nitrogens is 2. The molecule has 0 fully saturated rings. The van der Waals surface area contributed by atoms with E-state index in [0.29, 0.717) is 11.4 Å². The second kappa shape index (κ2) is 4.73. The van der Waals surface area contributed by atoms with E-state index in [1.165, 1.54) is 7.11 Å². The van der Waals surface area contributed by atoms with Gasteiger partial charge < -0.3 is 10.5 Å². The molecule has 1 aromatic carbocycles. The van der Waals surface area contributed by atoms with Crippen molar-refractivity contribution < 1.29 is 9.53 Å². The van der Waals surface area contributed by atoms with E-state index in [-0.39, 0.29) is 0 Å². The lowest BCUT2D eigenvalue weighted by atomic mass is 10.1. The van der Waals surface area contributed by atoms with Crippen LogP contribution < -0.4 is 5.73 Å². The van der Waals surface area contributed by atoms with Crippen molar-refractivity contribution in [2.45, 2.75) is 12.5 Å². The van der Waals surface area contributed by atoms with Crippen LogP contribution in [0.15, 0.2) is 18.3 Å². The first kappa shape index (κ1) is 11.9. The highest BCUT2D eigenvalue weighted by Gasteiger charge is 2.15. The molecule has 0 radical (unpaired) electrons. The number of esters is 1. The summed E-state index contributed by atoms with van der Waals surface area (Å²) in [5, 5.41) is 8.15. The highest BCUT2D eigenvalue weighted by molar-refractivity contribution is 6.35. The molecule has 17 heavy (non-hydrogen) atoms. The van der Waals surface area contributed by atoms with Crippen LogP contribution in [0.2, 0.25) is 5.02 Å². The first-order valence-electron chi connectivity index (χ1n) is 5.06. The minimum absolute atomic E-state index is 0.382. The Hall–Kier alpha value is -1.59.